The molecule has 1 atom stereocenters. The third-order valence-electron chi connectivity index (χ3n) is 5.29. The lowest BCUT2D eigenvalue weighted by Gasteiger charge is -2.27. The normalized spacial score (nSPS) is 17.8. The first-order valence-corrected chi connectivity index (χ1v) is 9.30. The first-order chi connectivity index (χ1) is 14.4. The van der Waals surface area contributed by atoms with Crippen molar-refractivity contribution in [1.82, 2.24) is 10.2 Å². The molecular formula is C22H18N4O4. The minimum atomic E-state index is -0.829. The number of anilines is 1. The van der Waals surface area contributed by atoms with Crippen LogP contribution in [0.25, 0.3) is 10.9 Å². The first-order valence-electron chi connectivity index (χ1n) is 9.30. The molecular weight excluding hydrogens is 384 g/mol. The molecule has 30 heavy (non-hydrogen) atoms. The van der Waals surface area contributed by atoms with E-state index in [0.717, 1.165) is 5.39 Å². The molecule has 0 radical (unpaired) electrons. The van der Waals surface area contributed by atoms with Crippen molar-refractivity contribution < 1.29 is 14.5 Å². The molecule has 0 aliphatic heterocycles. The fraction of sp³-hybridized carbons (Fsp3) is 0.136. The Morgan fingerprint density at radius 3 is 2.57 bits per heavy atom. The molecule has 1 unspecified atom stereocenters. The van der Waals surface area contributed by atoms with Crippen LogP contribution in [0.5, 0.6) is 0 Å². The van der Waals surface area contributed by atoms with Crippen molar-refractivity contribution in [2.75, 3.05) is 5.32 Å². The van der Waals surface area contributed by atoms with Crippen molar-refractivity contribution >= 4 is 34.0 Å². The van der Waals surface area contributed by atoms with Crippen LogP contribution in [0.3, 0.4) is 0 Å². The van der Waals surface area contributed by atoms with Gasteiger partial charge in [-0.25, -0.2) is 0 Å². The van der Waals surface area contributed by atoms with Gasteiger partial charge in [-0.2, -0.15) is 5.10 Å². The van der Waals surface area contributed by atoms with Gasteiger partial charge < -0.3 is 5.32 Å². The van der Waals surface area contributed by atoms with Crippen LogP contribution in [-0.2, 0) is 10.2 Å². The number of non-ortho nitro benzene ring substituents is 1. The van der Waals surface area contributed by atoms with Crippen molar-refractivity contribution in [3.05, 3.63) is 88.1 Å². The summed E-state index contributed by atoms with van der Waals surface area (Å²) in [5.74, 6) is -0.398. The van der Waals surface area contributed by atoms with E-state index in [1.165, 1.54) is 24.3 Å². The fourth-order valence-corrected chi connectivity index (χ4v) is 3.61. The molecule has 2 aromatic carbocycles. The molecule has 8 heteroatoms. The standard InChI is InChI=1S/C22H18N4O4/c1-14(27)22(11-3-2-4-12-22)20-18-13-16(7-10-19(18)24-25-20)23-21(28)15-5-8-17(9-6-15)26(29)30/h2-11,13H,12H2,1H3,(H,23,28)(H,24,25). The molecule has 1 aliphatic rings. The number of nitro groups is 1. The van der Waals surface area contributed by atoms with Crippen molar-refractivity contribution in [1.29, 1.82) is 0 Å². The SMILES string of the molecule is CC(=O)C1(c2[nH]nc3ccc(NC(=O)c4ccc([N+](=O)[O-])cc4)cc23)C=CC=CC1. The summed E-state index contributed by atoms with van der Waals surface area (Å²) in [5, 5.41) is 21.6. The summed E-state index contributed by atoms with van der Waals surface area (Å²) in [6.45, 7) is 1.55. The van der Waals surface area contributed by atoms with E-state index in [9.17, 15) is 19.7 Å². The van der Waals surface area contributed by atoms with Crippen molar-refractivity contribution in [3.63, 3.8) is 0 Å². The molecule has 3 aromatic rings. The second-order valence-corrected chi connectivity index (χ2v) is 7.11. The maximum atomic E-state index is 12.5. The summed E-state index contributed by atoms with van der Waals surface area (Å²) in [6.07, 6.45) is 8.07. The summed E-state index contributed by atoms with van der Waals surface area (Å²) >= 11 is 0. The number of rotatable bonds is 5. The van der Waals surface area contributed by atoms with Gasteiger partial charge in [-0.1, -0.05) is 24.3 Å². The molecule has 150 valence electrons. The first kappa shape index (κ1) is 19.3. The van der Waals surface area contributed by atoms with Crippen LogP contribution in [0.15, 0.2) is 66.8 Å². The second-order valence-electron chi connectivity index (χ2n) is 7.11. The smallest absolute Gasteiger partial charge is 0.269 e. The quantitative estimate of drug-likeness (QED) is 0.493. The maximum Gasteiger partial charge on any atom is 0.269 e. The van der Waals surface area contributed by atoms with Crippen molar-refractivity contribution in [2.24, 2.45) is 0 Å². The summed E-state index contributed by atoms with van der Waals surface area (Å²) in [5.41, 5.74) is 1.28. The van der Waals surface area contributed by atoms with Crippen LogP contribution in [0.1, 0.15) is 29.4 Å². The zero-order valence-corrected chi connectivity index (χ0v) is 16.1. The summed E-state index contributed by atoms with van der Waals surface area (Å²) in [6, 6.07) is 10.6. The number of allylic oxidation sites excluding steroid dienone is 4. The number of amides is 1. The molecule has 0 fully saturated rings. The molecule has 2 N–H and O–H groups in total. The van der Waals surface area contributed by atoms with Crippen LogP contribution in [-0.4, -0.2) is 26.8 Å². The Bertz CT molecular complexity index is 1220. The van der Waals surface area contributed by atoms with Crippen LogP contribution in [0, 0.1) is 10.1 Å². The van der Waals surface area contributed by atoms with Gasteiger partial charge in [0.2, 0.25) is 0 Å². The minimum absolute atomic E-state index is 0.00558. The van der Waals surface area contributed by atoms with E-state index in [0.29, 0.717) is 28.9 Å². The molecule has 1 aliphatic carbocycles. The largest absolute Gasteiger partial charge is 0.322 e. The monoisotopic (exact) mass is 402 g/mol. The predicted octanol–water partition coefficient (Wildman–Crippen LogP) is 4.07. The van der Waals surface area contributed by atoms with Crippen molar-refractivity contribution in [2.45, 2.75) is 18.8 Å². The van der Waals surface area contributed by atoms with Crippen LogP contribution >= 0.6 is 0 Å². The van der Waals surface area contributed by atoms with E-state index in [4.69, 9.17) is 0 Å². The number of nitrogens with zero attached hydrogens (tertiary/aromatic N) is 2. The minimum Gasteiger partial charge on any atom is -0.322 e. The average Bonchev–Trinajstić information content (AvgIpc) is 3.18. The number of benzene rings is 2. The maximum absolute atomic E-state index is 12.5. The third-order valence-corrected chi connectivity index (χ3v) is 5.29. The van der Waals surface area contributed by atoms with Gasteiger partial charge >= 0.3 is 0 Å². The highest BCUT2D eigenvalue weighted by Crippen LogP contribution is 2.37. The number of Topliss-reactive ketones (excluding diaryl/α,β-unsaturated/α-hetero) is 1. The molecule has 1 aromatic heterocycles. The van der Waals surface area contributed by atoms with Gasteiger partial charge in [-0.3, -0.25) is 24.8 Å². The summed E-state index contributed by atoms with van der Waals surface area (Å²) in [4.78, 5) is 35.3. The zero-order valence-electron chi connectivity index (χ0n) is 16.1. The van der Waals surface area contributed by atoms with E-state index in [-0.39, 0.29) is 11.5 Å². The van der Waals surface area contributed by atoms with E-state index in [1.54, 1.807) is 25.1 Å². The molecule has 1 heterocycles. The fourth-order valence-electron chi connectivity index (χ4n) is 3.61. The van der Waals surface area contributed by atoms with Gasteiger partial charge in [-0.05, 0) is 43.7 Å². The molecule has 1 amide bonds. The molecule has 8 nitrogen and oxygen atoms in total. The number of aromatic amines is 1. The van der Waals surface area contributed by atoms with E-state index < -0.39 is 16.2 Å². The lowest BCUT2D eigenvalue weighted by Crippen LogP contribution is -2.33. The molecule has 0 saturated heterocycles. The Hall–Kier alpha value is -4.07. The van der Waals surface area contributed by atoms with Gasteiger partial charge in [0.1, 0.15) is 5.78 Å². The number of carbonyl (C=O) groups excluding carboxylic acids is 2. The van der Waals surface area contributed by atoms with E-state index in [1.807, 2.05) is 24.3 Å². The molecule has 4 rings (SSSR count). The molecule has 0 spiro atoms. The van der Waals surface area contributed by atoms with Gasteiger partial charge in [0.15, 0.2) is 0 Å². The Balaban J connectivity index is 1.67. The van der Waals surface area contributed by atoms with Gasteiger partial charge in [0, 0.05) is 28.8 Å². The highest BCUT2D eigenvalue weighted by Gasteiger charge is 2.37. The van der Waals surface area contributed by atoms with Crippen LogP contribution < -0.4 is 5.32 Å². The number of hydrogen-bond acceptors (Lipinski definition) is 5. The number of ketones is 1. The number of nitro benzene ring substituents is 1. The topological polar surface area (TPSA) is 118 Å². The lowest BCUT2D eigenvalue weighted by molar-refractivity contribution is -0.384. The predicted molar refractivity (Wildman–Crippen MR) is 112 cm³/mol. The number of carbonyl (C=O) groups is 2. The van der Waals surface area contributed by atoms with Gasteiger partial charge in [-0.15, -0.1) is 0 Å². The zero-order chi connectivity index (χ0) is 21.3. The van der Waals surface area contributed by atoms with Gasteiger partial charge in [0.05, 0.1) is 21.5 Å². The van der Waals surface area contributed by atoms with Crippen LogP contribution in [0.4, 0.5) is 11.4 Å². The number of nitrogens with one attached hydrogen (secondary N) is 2. The summed E-state index contributed by atoms with van der Waals surface area (Å²) < 4.78 is 0. The van der Waals surface area contributed by atoms with Gasteiger partial charge in [0.25, 0.3) is 11.6 Å². The average molecular weight is 402 g/mol. The second kappa shape index (κ2) is 7.40. The number of aromatic nitrogens is 2. The van der Waals surface area contributed by atoms with E-state index >= 15 is 0 Å². The number of fused-ring (bicyclic) bond motifs is 1. The molecule has 0 bridgehead atoms. The Morgan fingerprint density at radius 1 is 1.17 bits per heavy atom. The summed E-state index contributed by atoms with van der Waals surface area (Å²) in [7, 11) is 0. The number of hydrogen-bond donors (Lipinski definition) is 2. The van der Waals surface area contributed by atoms with Crippen molar-refractivity contribution in [3.8, 4) is 0 Å². The highest BCUT2D eigenvalue weighted by atomic mass is 16.6. The van der Waals surface area contributed by atoms with Crippen LogP contribution in [0.2, 0.25) is 0 Å². The Labute approximate surface area is 171 Å². The molecule has 0 saturated carbocycles. The Morgan fingerprint density at radius 2 is 1.93 bits per heavy atom. The third kappa shape index (κ3) is 3.28. The lowest BCUT2D eigenvalue weighted by atomic mass is 9.74. The Kier molecular flexibility index (Phi) is 4.75. The van der Waals surface area contributed by atoms with E-state index in [2.05, 4.69) is 15.5 Å². The highest BCUT2D eigenvalue weighted by molar-refractivity contribution is 6.05. The number of H-pyrrole nitrogens is 1.